The molecule has 0 N–H and O–H groups in total. The third-order valence-electron chi connectivity index (χ3n) is 2.06. The second kappa shape index (κ2) is 4.77. The summed E-state index contributed by atoms with van der Waals surface area (Å²) in [6, 6.07) is 0. The molecule has 0 aromatic carbocycles. The highest BCUT2D eigenvalue weighted by Crippen LogP contribution is 2.24. The lowest BCUT2D eigenvalue weighted by Crippen LogP contribution is -1.88. The molecule has 0 radical (unpaired) electrons. The van der Waals surface area contributed by atoms with Gasteiger partial charge in [0.2, 0.25) is 0 Å². The maximum Gasteiger partial charge on any atom is 0.0959 e. The van der Waals surface area contributed by atoms with E-state index in [9.17, 15) is 0 Å². The number of aromatic nitrogens is 1. The fourth-order valence-electron chi connectivity index (χ4n) is 0.907. The molecule has 0 spiro atoms. The Labute approximate surface area is 88.7 Å². The minimum atomic E-state index is 0.548. The van der Waals surface area contributed by atoms with Crippen molar-refractivity contribution in [1.29, 1.82) is 0 Å². The second-order valence-electron chi connectivity index (χ2n) is 3.06. The van der Waals surface area contributed by atoms with Crippen LogP contribution in [0.25, 0.3) is 0 Å². The lowest BCUT2D eigenvalue weighted by atomic mass is 10.1. The molecule has 0 fully saturated rings. The summed E-state index contributed by atoms with van der Waals surface area (Å²) < 4.78 is 3.84. The van der Waals surface area contributed by atoms with E-state index in [0.717, 1.165) is 17.0 Å². The van der Waals surface area contributed by atoms with E-state index in [-0.39, 0.29) is 0 Å². The molecule has 0 saturated carbocycles. The molecule has 0 aliphatic carbocycles. The Morgan fingerprint density at radius 3 is 3.00 bits per heavy atom. The van der Waals surface area contributed by atoms with Gasteiger partial charge in [-0.15, -0.1) is 11.3 Å². The number of nitrogens with zero attached hydrogens (tertiary/aromatic N) is 2. The largest absolute Gasteiger partial charge is 0.249 e. The third-order valence-corrected chi connectivity index (χ3v) is 3.70. The Balaban J connectivity index is 2.86. The molecule has 4 heteroatoms. The zero-order valence-corrected chi connectivity index (χ0v) is 9.82. The first-order valence-corrected chi connectivity index (χ1v) is 5.55. The van der Waals surface area contributed by atoms with Crippen molar-refractivity contribution in [2.45, 2.75) is 33.1 Å². The van der Waals surface area contributed by atoms with E-state index >= 15 is 0 Å². The predicted octanol–water partition coefficient (Wildman–Crippen LogP) is 3.31. The second-order valence-corrected chi connectivity index (χ2v) is 4.32. The van der Waals surface area contributed by atoms with Gasteiger partial charge in [0.05, 0.1) is 15.6 Å². The zero-order valence-electron chi connectivity index (χ0n) is 8.11. The van der Waals surface area contributed by atoms with Crippen LogP contribution in [0.3, 0.4) is 0 Å². The molecule has 0 aliphatic heterocycles. The summed E-state index contributed by atoms with van der Waals surface area (Å²) in [6.07, 6.45) is 3.01. The Bertz CT molecular complexity index is 304. The van der Waals surface area contributed by atoms with Gasteiger partial charge in [-0.2, -0.15) is 0 Å². The monoisotopic (exact) mass is 214 g/mol. The fraction of sp³-hybridized carbons (Fsp3) is 0.556. The van der Waals surface area contributed by atoms with E-state index in [4.69, 9.17) is 0 Å². The highest BCUT2D eigenvalue weighted by Gasteiger charge is 2.09. The van der Waals surface area contributed by atoms with Crippen LogP contribution in [-0.4, -0.2) is 10.7 Å². The average molecular weight is 214 g/mol. The fourth-order valence-corrected chi connectivity index (χ4v) is 2.08. The van der Waals surface area contributed by atoms with Gasteiger partial charge in [0.15, 0.2) is 0 Å². The number of thiazole rings is 1. The molecule has 0 amide bonds. The molecule has 1 unspecified atom stereocenters. The normalized spacial score (nSPS) is 14.6. The van der Waals surface area contributed by atoms with E-state index in [1.54, 1.807) is 11.3 Å². The van der Waals surface area contributed by atoms with Crippen LogP contribution in [0.2, 0.25) is 0 Å². The first-order chi connectivity index (χ1) is 6.19. The maximum atomic E-state index is 4.36. The molecule has 13 heavy (non-hydrogen) atoms. The van der Waals surface area contributed by atoms with Gasteiger partial charge in [0, 0.05) is 12.1 Å². The van der Waals surface area contributed by atoms with Crippen LogP contribution in [0.4, 0.5) is 0 Å². The molecule has 0 aliphatic rings. The van der Waals surface area contributed by atoms with Crippen molar-refractivity contribution in [2.24, 2.45) is 4.40 Å². The van der Waals surface area contributed by atoms with Gasteiger partial charge < -0.3 is 0 Å². The van der Waals surface area contributed by atoms with E-state index in [1.807, 2.05) is 13.1 Å². The van der Waals surface area contributed by atoms with Crippen molar-refractivity contribution in [3.8, 4) is 0 Å². The molecule has 1 heterocycles. The zero-order chi connectivity index (χ0) is 9.84. The molecular weight excluding hydrogens is 200 g/mol. The van der Waals surface area contributed by atoms with Crippen LogP contribution in [0.5, 0.6) is 0 Å². The summed E-state index contributed by atoms with van der Waals surface area (Å²) in [5.74, 6) is 0.548. The molecule has 72 valence electrons. The van der Waals surface area contributed by atoms with Crippen LogP contribution in [0.1, 0.15) is 43.0 Å². The molecule has 1 atom stereocenters. The molecule has 0 saturated heterocycles. The van der Waals surface area contributed by atoms with Crippen LogP contribution < -0.4 is 0 Å². The van der Waals surface area contributed by atoms with Crippen molar-refractivity contribution in [2.75, 3.05) is 0 Å². The summed E-state index contributed by atoms with van der Waals surface area (Å²) in [4.78, 5) is 5.48. The van der Waals surface area contributed by atoms with Gasteiger partial charge in [0.25, 0.3) is 0 Å². The smallest absolute Gasteiger partial charge is 0.0959 e. The quantitative estimate of drug-likeness (QED) is 0.606. The van der Waals surface area contributed by atoms with Crippen molar-refractivity contribution in [3.63, 3.8) is 0 Å². The van der Waals surface area contributed by atoms with Crippen molar-refractivity contribution < 1.29 is 0 Å². The number of hydrogen-bond donors (Lipinski definition) is 1. The minimum Gasteiger partial charge on any atom is -0.249 e. The number of hydrogen-bond acceptors (Lipinski definition) is 4. The summed E-state index contributed by atoms with van der Waals surface area (Å²) in [5.41, 5.74) is 0.940. The highest BCUT2D eigenvalue weighted by molar-refractivity contribution is 7.79. The molecule has 1 rings (SSSR count). The van der Waals surface area contributed by atoms with E-state index in [0.29, 0.717) is 5.92 Å². The minimum absolute atomic E-state index is 0.548. The van der Waals surface area contributed by atoms with Gasteiger partial charge in [-0.25, -0.2) is 9.38 Å². The molecule has 0 bridgehead atoms. The SMILES string of the molecule is CCC(C)c1ncc(/C(C)=N/S)s1. The molecule has 1 aromatic rings. The lowest BCUT2D eigenvalue weighted by molar-refractivity contribution is 0.726. The molecule has 1 aromatic heterocycles. The van der Waals surface area contributed by atoms with Gasteiger partial charge in [-0.05, 0) is 26.2 Å². The average Bonchev–Trinajstić information content (AvgIpc) is 2.64. The van der Waals surface area contributed by atoms with E-state index in [2.05, 4.69) is 36.0 Å². The van der Waals surface area contributed by atoms with Crippen LogP contribution >= 0.6 is 24.2 Å². The van der Waals surface area contributed by atoms with Gasteiger partial charge >= 0.3 is 0 Å². The summed E-state index contributed by atoms with van der Waals surface area (Å²) >= 11 is 5.59. The molecule has 2 nitrogen and oxygen atoms in total. The number of thiol groups is 1. The van der Waals surface area contributed by atoms with Crippen LogP contribution in [0, 0.1) is 0 Å². The van der Waals surface area contributed by atoms with E-state index in [1.165, 1.54) is 5.01 Å². The summed E-state index contributed by atoms with van der Waals surface area (Å²) in [5, 5.41) is 1.19. The molecular formula is C9H14N2S2. The Morgan fingerprint density at radius 2 is 2.46 bits per heavy atom. The van der Waals surface area contributed by atoms with Gasteiger partial charge in [-0.3, -0.25) is 0 Å². The summed E-state index contributed by atoms with van der Waals surface area (Å²) in [7, 11) is 0. The third kappa shape index (κ3) is 2.54. The Kier molecular flexibility index (Phi) is 3.93. The van der Waals surface area contributed by atoms with Crippen molar-refractivity contribution in [3.05, 3.63) is 16.1 Å². The van der Waals surface area contributed by atoms with Gasteiger partial charge in [-0.1, -0.05) is 13.8 Å². The standard InChI is InChI=1S/C9H14N2S2/c1-4-6(2)9-10-5-8(13-9)7(3)11-12/h5-6,12H,4H2,1-3H3/b11-7+. The maximum absolute atomic E-state index is 4.36. The highest BCUT2D eigenvalue weighted by atomic mass is 32.1. The summed E-state index contributed by atoms with van der Waals surface area (Å²) in [6.45, 7) is 6.31. The van der Waals surface area contributed by atoms with Crippen molar-refractivity contribution >= 4 is 29.9 Å². The van der Waals surface area contributed by atoms with E-state index < -0.39 is 0 Å². The topological polar surface area (TPSA) is 25.2 Å². The Morgan fingerprint density at radius 1 is 1.77 bits per heavy atom. The first kappa shape index (κ1) is 10.7. The van der Waals surface area contributed by atoms with Gasteiger partial charge in [0.1, 0.15) is 0 Å². The van der Waals surface area contributed by atoms with Crippen LogP contribution in [0.15, 0.2) is 10.6 Å². The Hall–Kier alpha value is -0.350. The lowest BCUT2D eigenvalue weighted by Gasteiger charge is -2.01. The van der Waals surface area contributed by atoms with Crippen LogP contribution in [-0.2, 0) is 0 Å². The number of rotatable bonds is 3. The first-order valence-electron chi connectivity index (χ1n) is 4.33. The predicted molar refractivity (Wildman–Crippen MR) is 62.0 cm³/mol. The van der Waals surface area contributed by atoms with Crippen molar-refractivity contribution in [1.82, 2.24) is 4.98 Å².